The van der Waals surface area contributed by atoms with Gasteiger partial charge in [0.2, 0.25) is 0 Å². The summed E-state index contributed by atoms with van der Waals surface area (Å²) in [6.45, 7) is 7.57. The van der Waals surface area contributed by atoms with Crippen LogP contribution in [-0.4, -0.2) is 16.8 Å². The van der Waals surface area contributed by atoms with E-state index in [0.717, 1.165) is 35.8 Å². The van der Waals surface area contributed by atoms with E-state index < -0.39 is 6.29 Å². The lowest BCUT2D eigenvalue weighted by Gasteiger charge is -2.14. The van der Waals surface area contributed by atoms with Gasteiger partial charge in [-0.05, 0) is 47.6 Å². The Balaban J connectivity index is 1.88. The Morgan fingerprint density at radius 3 is 2.23 bits per heavy atom. The summed E-state index contributed by atoms with van der Waals surface area (Å²) in [6.07, 6.45) is 3.47. The maximum atomic E-state index is 9.34. The molecule has 0 spiro atoms. The first kappa shape index (κ1) is 20.5. The minimum Gasteiger partial charge on any atom is -0.494 e. The van der Waals surface area contributed by atoms with E-state index in [2.05, 4.69) is 20.8 Å². The molecule has 0 bridgehead atoms. The highest BCUT2D eigenvalue weighted by molar-refractivity contribution is 5.65. The van der Waals surface area contributed by atoms with Crippen LogP contribution in [0.4, 0.5) is 0 Å². The monoisotopic (exact) mass is 356 g/mol. The standard InChI is InChI=1S/C23H32O3/c1-17(2)7-4-8-18(3)13-14-26-22-12-6-10-20(16-22)19-9-5-11-21(15-19)23(24)25/h5-6,9-12,15-18,23-25H,4,7-8,13-14H2,1-3H3. The molecule has 0 aliphatic carbocycles. The number of benzene rings is 2. The molecule has 0 saturated heterocycles. The normalized spacial score (nSPS) is 12.6. The summed E-state index contributed by atoms with van der Waals surface area (Å²) in [6, 6.07) is 15.2. The number of aliphatic hydroxyl groups is 2. The van der Waals surface area contributed by atoms with E-state index in [4.69, 9.17) is 4.74 Å². The van der Waals surface area contributed by atoms with Crippen molar-refractivity contribution < 1.29 is 14.9 Å². The van der Waals surface area contributed by atoms with Crippen LogP contribution in [0.2, 0.25) is 0 Å². The minimum absolute atomic E-state index is 0.490. The van der Waals surface area contributed by atoms with Crippen molar-refractivity contribution in [2.24, 2.45) is 11.8 Å². The van der Waals surface area contributed by atoms with Crippen molar-refractivity contribution in [1.29, 1.82) is 0 Å². The molecular formula is C23H32O3. The number of hydrogen-bond acceptors (Lipinski definition) is 3. The molecule has 0 aromatic heterocycles. The van der Waals surface area contributed by atoms with Crippen LogP contribution in [-0.2, 0) is 0 Å². The fraction of sp³-hybridized carbons (Fsp3) is 0.478. The second-order valence-corrected chi connectivity index (χ2v) is 7.59. The van der Waals surface area contributed by atoms with Gasteiger partial charge in [-0.1, -0.05) is 70.4 Å². The molecule has 0 amide bonds. The molecule has 0 heterocycles. The highest BCUT2D eigenvalue weighted by Gasteiger charge is 2.07. The lowest BCUT2D eigenvalue weighted by Crippen LogP contribution is -2.05. The fourth-order valence-electron chi connectivity index (χ4n) is 3.04. The third-order valence-electron chi connectivity index (χ3n) is 4.71. The number of ether oxygens (including phenoxy) is 1. The third kappa shape index (κ3) is 6.81. The summed E-state index contributed by atoms with van der Waals surface area (Å²) in [5.41, 5.74) is 2.45. The van der Waals surface area contributed by atoms with E-state index in [-0.39, 0.29) is 0 Å². The molecule has 3 heteroatoms. The smallest absolute Gasteiger partial charge is 0.178 e. The lowest BCUT2D eigenvalue weighted by atomic mass is 9.98. The molecule has 3 nitrogen and oxygen atoms in total. The molecular weight excluding hydrogens is 324 g/mol. The average molecular weight is 357 g/mol. The highest BCUT2D eigenvalue weighted by Crippen LogP contribution is 2.26. The second-order valence-electron chi connectivity index (χ2n) is 7.59. The Kier molecular flexibility index (Phi) is 8.14. The fourth-order valence-corrected chi connectivity index (χ4v) is 3.04. The molecule has 26 heavy (non-hydrogen) atoms. The second kappa shape index (κ2) is 10.3. The van der Waals surface area contributed by atoms with Crippen LogP contribution < -0.4 is 4.74 Å². The molecule has 0 saturated carbocycles. The van der Waals surface area contributed by atoms with Crippen molar-refractivity contribution in [3.8, 4) is 16.9 Å². The predicted molar refractivity (Wildman–Crippen MR) is 107 cm³/mol. The van der Waals surface area contributed by atoms with E-state index >= 15 is 0 Å². The van der Waals surface area contributed by atoms with Gasteiger partial charge in [0.05, 0.1) is 6.61 Å². The van der Waals surface area contributed by atoms with Crippen molar-refractivity contribution in [2.45, 2.75) is 52.7 Å². The Morgan fingerprint density at radius 2 is 1.54 bits per heavy atom. The van der Waals surface area contributed by atoms with Gasteiger partial charge >= 0.3 is 0 Å². The highest BCUT2D eigenvalue weighted by atomic mass is 16.5. The largest absolute Gasteiger partial charge is 0.494 e. The molecule has 1 unspecified atom stereocenters. The molecule has 142 valence electrons. The molecule has 0 fully saturated rings. The number of hydrogen-bond donors (Lipinski definition) is 2. The van der Waals surface area contributed by atoms with Gasteiger partial charge in [0, 0.05) is 5.56 Å². The van der Waals surface area contributed by atoms with Crippen molar-refractivity contribution in [1.82, 2.24) is 0 Å². The summed E-state index contributed by atoms with van der Waals surface area (Å²) in [7, 11) is 0. The van der Waals surface area contributed by atoms with Gasteiger partial charge in [-0.2, -0.15) is 0 Å². The van der Waals surface area contributed by atoms with E-state index in [9.17, 15) is 10.2 Å². The van der Waals surface area contributed by atoms with Crippen LogP contribution in [0.25, 0.3) is 11.1 Å². The van der Waals surface area contributed by atoms with Gasteiger partial charge in [0.1, 0.15) is 5.75 Å². The maximum absolute atomic E-state index is 9.34. The Bertz CT molecular complexity index is 664. The van der Waals surface area contributed by atoms with E-state index in [1.807, 2.05) is 36.4 Å². The SMILES string of the molecule is CC(C)CCCC(C)CCOc1cccc(-c2cccc(C(O)O)c2)c1. The lowest BCUT2D eigenvalue weighted by molar-refractivity contribution is -0.0424. The first-order valence-electron chi connectivity index (χ1n) is 9.65. The van der Waals surface area contributed by atoms with Crippen LogP contribution in [0.5, 0.6) is 5.75 Å². The van der Waals surface area contributed by atoms with Gasteiger partial charge in [-0.15, -0.1) is 0 Å². The quantitative estimate of drug-likeness (QED) is 0.547. The summed E-state index contributed by atoms with van der Waals surface area (Å²) in [5.74, 6) is 2.32. The molecule has 1 atom stereocenters. The topological polar surface area (TPSA) is 49.7 Å². The van der Waals surface area contributed by atoms with Gasteiger partial charge in [-0.25, -0.2) is 0 Å². The summed E-state index contributed by atoms with van der Waals surface area (Å²) < 4.78 is 5.95. The first-order valence-corrected chi connectivity index (χ1v) is 9.65. The molecule has 0 aliphatic heterocycles. The van der Waals surface area contributed by atoms with Crippen molar-refractivity contribution in [2.75, 3.05) is 6.61 Å². The summed E-state index contributed by atoms with van der Waals surface area (Å²) in [5, 5.41) is 18.7. The molecule has 0 radical (unpaired) electrons. The average Bonchev–Trinajstić information content (AvgIpc) is 2.62. The van der Waals surface area contributed by atoms with Gasteiger partial charge < -0.3 is 14.9 Å². The molecule has 2 rings (SSSR count). The van der Waals surface area contributed by atoms with Crippen LogP contribution >= 0.6 is 0 Å². The van der Waals surface area contributed by atoms with Crippen LogP contribution in [0.1, 0.15) is 58.3 Å². The van der Waals surface area contributed by atoms with Crippen LogP contribution in [0.3, 0.4) is 0 Å². The van der Waals surface area contributed by atoms with Crippen molar-refractivity contribution in [3.63, 3.8) is 0 Å². The van der Waals surface area contributed by atoms with Crippen molar-refractivity contribution >= 4 is 0 Å². The first-order chi connectivity index (χ1) is 12.5. The molecule has 2 aromatic rings. The minimum atomic E-state index is -1.45. The van der Waals surface area contributed by atoms with Gasteiger partial charge in [-0.3, -0.25) is 0 Å². The van der Waals surface area contributed by atoms with Crippen molar-refractivity contribution in [3.05, 3.63) is 54.1 Å². The Labute approximate surface area is 157 Å². The van der Waals surface area contributed by atoms with E-state index in [1.54, 1.807) is 12.1 Å². The van der Waals surface area contributed by atoms with Gasteiger partial charge in [0.15, 0.2) is 6.29 Å². The molecule has 2 aromatic carbocycles. The number of aliphatic hydroxyl groups excluding tert-OH is 1. The number of rotatable bonds is 10. The Hall–Kier alpha value is -1.84. The predicted octanol–water partition coefficient (Wildman–Crippen LogP) is 5.57. The zero-order valence-corrected chi connectivity index (χ0v) is 16.2. The maximum Gasteiger partial charge on any atom is 0.178 e. The van der Waals surface area contributed by atoms with E-state index in [0.29, 0.717) is 11.5 Å². The Morgan fingerprint density at radius 1 is 0.846 bits per heavy atom. The zero-order chi connectivity index (χ0) is 18.9. The summed E-state index contributed by atoms with van der Waals surface area (Å²) in [4.78, 5) is 0. The van der Waals surface area contributed by atoms with Gasteiger partial charge in [0.25, 0.3) is 0 Å². The van der Waals surface area contributed by atoms with E-state index in [1.165, 1.54) is 19.3 Å². The molecule has 2 N–H and O–H groups in total. The van der Waals surface area contributed by atoms with Crippen LogP contribution in [0.15, 0.2) is 48.5 Å². The third-order valence-corrected chi connectivity index (χ3v) is 4.71. The zero-order valence-electron chi connectivity index (χ0n) is 16.2. The molecule has 0 aliphatic rings. The summed E-state index contributed by atoms with van der Waals surface area (Å²) >= 11 is 0. The van der Waals surface area contributed by atoms with Crippen LogP contribution in [0, 0.1) is 11.8 Å².